The number of anilines is 3. The number of aryl methyl sites for hydroxylation is 2. The molecule has 1 aromatic heterocycles. The molecule has 0 aliphatic carbocycles. The molecule has 0 aliphatic rings. The molecule has 6 heteroatoms. The van der Waals surface area contributed by atoms with Gasteiger partial charge >= 0.3 is 0 Å². The Kier molecular flexibility index (Phi) is 4.70. The normalized spacial score (nSPS) is 10.4. The third kappa shape index (κ3) is 4.17. The van der Waals surface area contributed by atoms with Gasteiger partial charge in [0, 0.05) is 11.4 Å². The zero-order valence-electron chi connectivity index (χ0n) is 13.9. The Bertz CT molecular complexity index is 910. The maximum atomic E-state index is 13.1. The average Bonchev–Trinajstić information content (AvgIpc) is 2.59. The van der Waals surface area contributed by atoms with Crippen LogP contribution in [0.3, 0.4) is 0 Å². The van der Waals surface area contributed by atoms with Crippen LogP contribution in [0, 0.1) is 19.7 Å². The molecule has 0 saturated heterocycles. The van der Waals surface area contributed by atoms with Crippen molar-refractivity contribution < 1.29 is 9.18 Å². The highest BCUT2D eigenvalue weighted by Gasteiger charge is 2.09. The third-order valence-corrected chi connectivity index (χ3v) is 3.76. The van der Waals surface area contributed by atoms with E-state index in [2.05, 4.69) is 20.8 Å². The lowest BCUT2D eigenvalue weighted by Crippen LogP contribution is -2.14. The van der Waals surface area contributed by atoms with Crippen LogP contribution < -0.4 is 10.6 Å². The third-order valence-electron chi connectivity index (χ3n) is 3.76. The molecule has 1 heterocycles. The van der Waals surface area contributed by atoms with Crippen LogP contribution in [0.2, 0.25) is 0 Å². The van der Waals surface area contributed by atoms with Gasteiger partial charge in [0.05, 0.1) is 0 Å². The van der Waals surface area contributed by atoms with Crippen molar-refractivity contribution in [2.75, 3.05) is 10.6 Å². The molecule has 126 valence electrons. The first-order valence-corrected chi connectivity index (χ1v) is 7.76. The van der Waals surface area contributed by atoms with Crippen molar-refractivity contribution in [1.29, 1.82) is 0 Å². The lowest BCUT2D eigenvalue weighted by atomic mass is 10.1. The van der Waals surface area contributed by atoms with Crippen LogP contribution in [-0.2, 0) is 0 Å². The van der Waals surface area contributed by atoms with E-state index in [0.717, 1.165) is 5.69 Å². The summed E-state index contributed by atoms with van der Waals surface area (Å²) in [6.07, 6.45) is 0. The topological polar surface area (TPSA) is 66.9 Å². The van der Waals surface area contributed by atoms with Gasteiger partial charge in [-0.25, -0.2) is 4.39 Å². The Labute approximate surface area is 144 Å². The average molecular weight is 336 g/mol. The summed E-state index contributed by atoms with van der Waals surface area (Å²) < 4.78 is 13.1. The number of nitrogens with one attached hydrogen (secondary N) is 2. The van der Waals surface area contributed by atoms with Crippen molar-refractivity contribution in [1.82, 2.24) is 10.2 Å². The molecule has 3 rings (SSSR count). The van der Waals surface area contributed by atoms with Crippen molar-refractivity contribution in [3.05, 3.63) is 77.2 Å². The molecule has 3 aromatic rings. The molecule has 0 atom stereocenters. The smallest absolute Gasteiger partial charge is 0.276 e. The van der Waals surface area contributed by atoms with Gasteiger partial charge in [0.15, 0.2) is 11.5 Å². The van der Waals surface area contributed by atoms with E-state index in [9.17, 15) is 9.18 Å². The zero-order chi connectivity index (χ0) is 17.8. The molecule has 5 nitrogen and oxygen atoms in total. The number of amides is 1. The van der Waals surface area contributed by atoms with Gasteiger partial charge < -0.3 is 10.6 Å². The second-order valence-corrected chi connectivity index (χ2v) is 5.69. The van der Waals surface area contributed by atoms with Crippen LogP contribution in [0.1, 0.15) is 21.6 Å². The summed E-state index contributed by atoms with van der Waals surface area (Å²) in [5.74, 6) is -0.335. The highest BCUT2D eigenvalue weighted by Crippen LogP contribution is 2.18. The van der Waals surface area contributed by atoms with Crippen LogP contribution in [0.15, 0.2) is 54.6 Å². The predicted molar refractivity (Wildman–Crippen MR) is 95.6 cm³/mol. The van der Waals surface area contributed by atoms with Gasteiger partial charge in [-0.3, -0.25) is 4.79 Å². The van der Waals surface area contributed by atoms with Gasteiger partial charge in [-0.05, 0) is 67.4 Å². The minimum atomic E-state index is -0.448. The molecule has 2 N–H and O–H groups in total. The maximum absolute atomic E-state index is 13.1. The number of benzene rings is 2. The summed E-state index contributed by atoms with van der Waals surface area (Å²) in [6, 6.07) is 14.9. The Hall–Kier alpha value is -3.28. The maximum Gasteiger partial charge on any atom is 0.276 e. The molecule has 0 bridgehead atoms. The zero-order valence-corrected chi connectivity index (χ0v) is 13.9. The molecular formula is C19H17FN4O. The van der Waals surface area contributed by atoms with Gasteiger partial charge in [-0.15, -0.1) is 10.2 Å². The summed E-state index contributed by atoms with van der Waals surface area (Å²) in [6.45, 7) is 4.08. The molecule has 0 unspecified atom stereocenters. The quantitative estimate of drug-likeness (QED) is 0.748. The van der Waals surface area contributed by atoms with Crippen LogP contribution in [0.25, 0.3) is 0 Å². The minimum absolute atomic E-state index is 0.148. The highest BCUT2D eigenvalue weighted by atomic mass is 19.1. The Balaban J connectivity index is 1.69. The highest BCUT2D eigenvalue weighted by molar-refractivity contribution is 6.02. The fourth-order valence-electron chi connectivity index (χ4n) is 2.25. The predicted octanol–water partition coefficient (Wildman–Crippen LogP) is 4.23. The van der Waals surface area contributed by atoms with Crippen LogP contribution >= 0.6 is 0 Å². The van der Waals surface area contributed by atoms with E-state index in [1.54, 1.807) is 18.2 Å². The number of hydrogen-bond donors (Lipinski definition) is 2. The summed E-state index contributed by atoms with van der Waals surface area (Å²) in [7, 11) is 0. The molecule has 0 saturated carbocycles. The van der Waals surface area contributed by atoms with E-state index in [0.29, 0.717) is 11.5 Å². The van der Waals surface area contributed by atoms with Gasteiger partial charge in [0.2, 0.25) is 0 Å². The first kappa shape index (κ1) is 16.6. The summed E-state index contributed by atoms with van der Waals surface area (Å²) in [4.78, 5) is 12.1. The van der Waals surface area contributed by atoms with Gasteiger partial charge in [-0.1, -0.05) is 12.1 Å². The first-order chi connectivity index (χ1) is 12.0. The molecule has 0 aliphatic heterocycles. The number of rotatable bonds is 4. The molecule has 0 fully saturated rings. The Morgan fingerprint density at radius 2 is 1.76 bits per heavy atom. The summed E-state index contributed by atoms with van der Waals surface area (Å²) in [5, 5.41) is 13.6. The van der Waals surface area contributed by atoms with Gasteiger partial charge in [0.25, 0.3) is 5.91 Å². The lowest BCUT2D eigenvalue weighted by molar-refractivity contribution is 0.102. The second-order valence-electron chi connectivity index (χ2n) is 5.69. The van der Waals surface area contributed by atoms with Crippen molar-refractivity contribution >= 4 is 23.1 Å². The van der Waals surface area contributed by atoms with E-state index in [1.165, 1.54) is 29.3 Å². The fraction of sp³-hybridized carbons (Fsp3) is 0.105. The number of halogens is 1. The number of nitrogens with zero attached hydrogens (tertiary/aromatic N) is 2. The van der Waals surface area contributed by atoms with Gasteiger partial charge in [-0.2, -0.15) is 0 Å². The van der Waals surface area contributed by atoms with Crippen LogP contribution in [-0.4, -0.2) is 16.1 Å². The van der Waals surface area contributed by atoms with Crippen molar-refractivity contribution in [2.45, 2.75) is 13.8 Å². The van der Waals surface area contributed by atoms with Gasteiger partial charge in [0.1, 0.15) is 5.82 Å². The SMILES string of the molecule is Cc1ccc(Nc2ccc(C(=O)Nc3cccc(F)c3)nn2)cc1C. The van der Waals surface area contributed by atoms with Crippen molar-refractivity contribution in [3.8, 4) is 0 Å². The van der Waals surface area contributed by atoms with E-state index in [4.69, 9.17) is 0 Å². The molecule has 25 heavy (non-hydrogen) atoms. The summed E-state index contributed by atoms with van der Waals surface area (Å²) in [5.41, 5.74) is 3.79. The van der Waals surface area contributed by atoms with Crippen LogP contribution in [0.5, 0.6) is 0 Å². The standard InChI is InChI=1S/C19H17FN4O/c1-12-6-7-16(10-13(12)2)21-18-9-8-17(23-24-18)19(25)22-15-5-3-4-14(20)11-15/h3-11H,1-2H3,(H,21,24)(H,22,25). The Morgan fingerprint density at radius 3 is 2.44 bits per heavy atom. The lowest BCUT2D eigenvalue weighted by Gasteiger charge is -2.08. The van der Waals surface area contributed by atoms with E-state index in [1.807, 2.05) is 32.0 Å². The summed E-state index contributed by atoms with van der Waals surface area (Å²) >= 11 is 0. The van der Waals surface area contributed by atoms with E-state index in [-0.39, 0.29) is 5.69 Å². The number of carbonyl (C=O) groups excluding carboxylic acids is 1. The van der Waals surface area contributed by atoms with E-state index >= 15 is 0 Å². The van der Waals surface area contributed by atoms with Crippen LogP contribution in [0.4, 0.5) is 21.6 Å². The second kappa shape index (κ2) is 7.09. The monoisotopic (exact) mass is 336 g/mol. The molecule has 0 radical (unpaired) electrons. The number of hydrogen-bond acceptors (Lipinski definition) is 4. The molecule has 0 spiro atoms. The molecular weight excluding hydrogens is 319 g/mol. The number of aromatic nitrogens is 2. The Morgan fingerprint density at radius 1 is 0.920 bits per heavy atom. The van der Waals surface area contributed by atoms with E-state index < -0.39 is 11.7 Å². The minimum Gasteiger partial charge on any atom is -0.339 e. The largest absolute Gasteiger partial charge is 0.339 e. The molecule has 1 amide bonds. The fourth-order valence-corrected chi connectivity index (χ4v) is 2.25. The van der Waals surface area contributed by atoms with Crippen molar-refractivity contribution in [3.63, 3.8) is 0 Å². The number of carbonyl (C=O) groups is 1. The molecule has 2 aromatic carbocycles. The van der Waals surface area contributed by atoms with Crippen molar-refractivity contribution in [2.24, 2.45) is 0 Å². The first-order valence-electron chi connectivity index (χ1n) is 7.76.